The normalized spacial score (nSPS) is 14.9. The zero-order chi connectivity index (χ0) is 16.6. The number of rotatable bonds is 6. The van der Waals surface area contributed by atoms with E-state index >= 15 is 0 Å². The second-order valence-corrected chi connectivity index (χ2v) is 7.37. The van der Waals surface area contributed by atoms with Crippen molar-refractivity contribution in [3.63, 3.8) is 0 Å². The lowest BCUT2D eigenvalue weighted by molar-refractivity contribution is 0.245. The van der Waals surface area contributed by atoms with Crippen molar-refractivity contribution in [2.24, 2.45) is 7.05 Å². The van der Waals surface area contributed by atoms with E-state index in [4.69, 9.17) is 11.6 Å². The monoisotopic (exact) mass is 331 g/mol. The van der Waals surface area contributed by atoms with E-state index < -0.39 is 0 Å². The van der Waals surface area contributed by atoms with Crippen molar-refractivity contribution in [2.45, 2.75) is 58.7 Å². The van der Waals surface area contributed by atoms with Gasteiger partial charge in [0, 0.05) is 31.7 Å². The second kappa shape index (κ2) is 6.66. The summed E-state index contributed by atoms with van der Waals surface area (Å²) < 4.78 is 1.77. The maximum absolute atomic E-state index is 6.42. The predicted octanol–water partition coefficient (Wildman–Crippen LogP) is 4.67. The van der Waals surface area contributed by atoms with Crippen LogP contribution in [0.4, 0.5) is 0 Å². The molecule has 1 aromatic carbocycles. The van der Waals surface area contributed by atoms with Gasteiger partial charge in [0.25, 0.3) is 0 Å². The second-order valence-electron chi connectivity index (χ2n) is 7.01. The molecule has 124 valence electrons. The van der Waals surface area contributed by atoms with Gasteiger partial charge in [0.1, 0.15) is 5.15 Å². The van der Waals surface area contributed by atoms with Crippen LogP contribution < -0.4 is 0 Å². The Labute approximate surface area is 144 Å². The number of nitrogens with zero attached hydrogens (tertiary/aromatic N) is 3. The van der Waals surface area contributed by atoms with Crippen molar-refractivity contribution >= 4 is 11.6 Å². The fourth-order valence-electron chi connectivity index (χ4n) is 3.05. The minimum atomic E-state index is 0.584. The molecule has 0 spiro atoms. The third-order valence-electron chi connectivity index (χ3n) is 4.73. The highest BCUT2D eigenvalue weighted by atomic mass is 35.5. The highest BCUT2D eigenvalue weighted by Crippen LogP contribution is 2.32. The summed E-state index contributed by atoms with van der Waals surface area (Å²) in [4.78, 5) is 2.54. The molecule has 4 heteroatoms. The molecule has 3 nitrogen and oxygen atoms in total. The molecular weight excluding hydrogens is 306 g/mol. The first-order chi connectivity index (χ1) is 11.0. The Balaban J connectivity index is 1.74. The molecule has 1 heterocycles. The lowest BCUT2D eigenvalue weighted by Gasteiger charge is -2.22. The summed E-state index contributed by atoms with van der Waals surface area (Å²) in [7, 11) is 1.91. The summed E-state index contributed by atoms with van der Waals surface area (Å²) in [5.41, 5.74) is 4.98. The van der Waals surface area contributed by atoms with Crippen LogP contribution in [-0.2, 0) is 20.1 Å². The van der Waals surface area contributed by atoms with Crippen LogP contribution in [0.15, 0.2) is 24.3 Å². The quantitative estimate of drug-likeness (QED) is 0.767. The van der Waals surface area contributed by atoms with Gasteiger partial charge in [-0.3, -0.25) is 9.58 Å². The minimum absolute atomic E-state index is 0.584. The number of aromatic nitrogens is 2. The van der Waals surface area contributed by atoms with Gasteiger partial charge in [-0.05, 0) is 36.8 Å². The molecule has 3 rings (SSSR count). The van der Waals surface area contributed by atoms with Gasteiger partial charge < -0.3 is 0 Å². The molecule has 0 amide bonds. The van der Waals surface area contributed by atoms with Crippen LogP contribution in [0, 0.1) is 6.92 Å². The van der Waals surface area contributed by atoms with Gasteiger partial charge in [-0.25, -0.2) is 0 Å². The molecule has 1 aromatic heterocycles. The molecule has 1 saturated carbocycles. The molecule has 0 N–H and O–H groups in total. The molecule has 0 atom stereocenters. The molecule has 2 aromatic rings. The molecular formula is C19H26ClN3. The van der Waals surface area contributed by atoms with Crippen molar-refractivity contribution in [2.75, 3.05) is 0 Å². The van der Waals surface area contributed by atoms with Gasteiger partial charge in [0.15, 0.2) is 0 Å². The SMILES string of the molecule is Cc1nn(C)c(Cl)c1CN(Cc1ccc(C(C)C)cc1)C1CC1. The van der Waals surface area contributed by atoms with E-state index in [0.29, 0.717) is 12.0 Å². The van der Waals surface area contributed by atoms with Crippen LogP contribution in [0.3, 0.4) is 0 Å². The van der Waals surface area contributed by atoms with Crippen LogP contribution in [0.1, 0.15) is 55.0 Å². The van der Waals surface area contributed by atoms with Gasteiger partial charge in [0.2, 0.25) is 0 Å². The Morgan fingerprint density at radius 3 is 2.35 bits per heavy atom. The maximum Gasteiger partial charge on any atom is 0.131 e. The Hall–Kier alpha value is -1.32. The van der Waals surface area contributed by atoms with E-state index in [9.17, 15) is 0 Å². The van der Waals surface area contributed by atoms with Crippen molar-refractivity contribution < 1.29 is 0 Å². The first-order valence-electron chi connectivity index (χ1n) is 8.46. The summed E-state index contributed by atoms with van der Waals surface area (Å²) in [6.07, 6.45) is 2.59. The lowest BCUT2D eigenvalue weighted by atomic mass is 10.0. The fourth-order valence-corrected chi connectivity index (χ4v) is 3.29. The van der Waals surface area contributed by atoms with E-state index in [1.807, 2.05) is 14.0 Å². The maximum atomic E-state index is 6.42. The summed E-state index contributed by atoms with van der Waals surface area (Å²) in [5, 5.41) is 5.21. The number of hydrogen-bond donors (Lipinski definition) is 0. The summed E-state index contributed by atoms with van der Waals surface area (Å²) in [6, 6.07) is 9.74. The Kier molecular flexibility index (Phi) is 4.79. The topological polar surface area (TPSA) is 21.1 Å². The third kappa shape index (κ3) is 3.78. The number of hydrogen-bond acceptors (Lipinski definition) is 2. The molecule has 1 aliphatic carbocycles. The van der Waals surface area contributed by atoms with E-state index in [0.717, 1.165) is 23.9 Å². The van der Waals surface area contributed by atoms with E-state index in [1.165, 1.54) is 29.5 Å². The van der Waals surface area contributed by atoms with Crippen LogP contribution in [0.2, 0.25) is 5.15 Å². The van der Waals surface area contributed by atoms with E-state index in [2.05, 4.69) is 48.1 Å². The molecule has 0 unspecified atom stereocenters. The van der Waals surface area contributed by atoms with Crippen LogP contribution >= 0.6 is 11.6 Å². The molecule has 0 bridgehead atoms. The summed E-state index contributed by atoms with van der Waals surface area (Å²) in [6.45, 7) is 8.38. The van der Waals surface area contributed by atoms with Crippen molar-refractivity contribution in [3.05, 3.63) is 51.8 Å². The van der Waals surface area contributed by atoms with Gasteiger partial charge >= 0.3 is 0 Å². The van der Waals surface area contributed by atoms with Crippen molar-refractivity contribution in [1.29, 1.82) is 0 Å². The smallest absolute Gasteiger partial charge is 0.131 e. The molecule has 23 heavy (non-hydrogen) atoms. The average Bonchev–Trinajstić information content (AvgIpc) is 3.32. The molecule has 0 radical (unpaired) electrons. The highest BCUT2D eigenvalue weighted by molar-refractivity contribution is 6.30. The lowest BCUT2D eigenvalue weighted by Crippen LogP contribution is -2.25. The number of halogens is 1. The zero-order valence-electron chi connectivity index (χ0n) is 14.5. The standard InChI is InChI=1S/C19H26ClN3/c1-13(2)16-7-5-15(6-8-16)11-23(17-9-10-17)12-18-14(3)21-22(4)19(18)20/h5-8,13,17H,9-12H2,1-4H3. The van der Waals surface area contributed by atoms with Gasteiger partial charge in [0.05, 0.1) is 5.69 Å². The van der Waals surface area contributed by atoms with Gasteiger partial charge in [-0.15, -0.1) is 0 Å². The predicted molar refractivity (Wildman–Crippen MR) is 95.8 cm³/mol. The first-order valence-corrected chi connectivity index (χ1v) is 8.84. The third-order valence-corrected chi connectivity index (χ3v) is 5.20. The van der Waals surface area contributed by atoms with E-state index in [1.54, 1.807) is 4.68 Å². The van der Waals surface area contributed by atoms with Gasteiger partial charge in [-0.1, -0.05) is 49.7 Å². The zero-order valence-corrected chi connectivity index (χ0v) is 15.3. The van der Waals surface area contributed by atoms with Crippen molar-refractivity contribution in [1.82, 2.24) is 14.7 Å². The first kappa shape index (κ1) is 16.5. The Bertz CT molecular complexity index is 669. The molecule has 0 saturated heterocycles. The number of aryl methyl sites for hydroxylation is 2. The van der Waals surface area contributed by atoms with Crippen LogP contribution in [-0.4, -0.2) is 20.7 Å². The summed E-state index contributed by atoms with van der Waals surface area (Å²) in [5.74, 6) is 0.584. The van der Waals surface area contributed by atoms with Crippen LogP contribution in [0.5, 0.6) is 0 Å². The number of benzene rings is 1. The van der Waals surface area contributed by atoms with Crippen LogP contribution in [0.25, 0.3) is 0 Å². The Morgan fingerprint density at radius 2 is 1.87 bits per heavy atom. The Morgan fingerprint density at radius 1 is 1.22 bits per heavy atom. The highest BCUT2D eigenvalue weighted by Gasteiger charge is 2.30. The largest absolute Gasteiger partial charge is 0.292 e. The molecule has 0 aliphatic heterocycles. The average molecular weight is 332 g/mol. The minimum Gasteiger partial charge on any atom is -0.292 e. The van der Waals surface area contributed by atoms with E-state index in [-0.39, 0.29) is 0 Å². The van der Waals surface area contributed by atoms with Gasteiger partial charge in [-0.2, -0.15) is 5.10 Å². The molecule has 1 fully saturated rings. The summed E-state index contributed by atoms with van der Waals surface area (Å²) >= 11 is 6.42. The fraction of sp³-hybridized carbons (Fsp3) is 0.526. The molecule has 1 aliphatic rings. The van der Waals surface area contributed by atoms with Crippen molar-refractivity contribution in [3.8, 4) is 0 Å².